The molecule has 124 valence electrons. The van der Waals surface area contributed by atoms with E-state index >= 15 is 0 Å². The van der Waals surface area contributed by atoms with E-state index in [1.165, 1.54) is 0 Å². The van der Waals surface area contributed by atoms with Gasteiger partial charge in [-0.05, 0) is 46.0 Å². The van der Waals surface area contributed by atoms with Crippen molar-refractivity contribution in [1.82, 2.24) is 14.8 Å². The van der Waals surface area contributed by atoms with Gasteiger partial charge in [-0.1, -0.05) is 6.08 Å². The van der Waals surface area contributed by atoms with E-state index in [2.05, 4.69) is 4.98 Å². The van der Waals surface area contributed by atoms with Crippen molar-refractivity contribution in [3.05, 3.63) is 30.0 Å². The number of amides is 2. The van der Waals surface area contributed by atoms with Crippen LogP contribution in [-0.2, 0) is 9.59 Å². The van der Waals surface area contributed by atoms with E-state index in [-0.39, 0.29) is 23.9 Å². The summed E-state index contributed by atoms with van der Waals surface area (Å²) in [5.74, 6) is 0.810. The number of carbonyl (C=O) groups is 2. The fraction of sp³-hybridized carbons (Fsp3) is 0.529. The van der Waals surface area contributed by atoms with Crippen LogP contribution in [0.3, 0.4) is 0 Å². The van der Waals surface area contributed by atoms with Crippen LogP contribution in [0.2, 0.25) is 0 Å². The minimum Gasteiger partial charge on any atom is -0.345 e. The molecule has 2 unspecified atom stereocenters. The maximum atomic E-state index is 12.8. The Morgan fingerprint density at radius 1 is 1.39 bits per heavy atom. The summed E-state index contributed by atoms with van der Waals surface area (Å²) >= 11 is 0. The minimum absolute atomic E-state index is 0.0231. The lowest BCUT2D eigenvalue weighted by atomic mass is 10.1. The van der Waals surface area contributed by atoms with Gasteiger partial charge in [0, 0.05) is 24.9 Å². The third kappa shape index (κ3) is 3.03. The first-order chi connectivity index (χ1) is 11.0. The van der Waals surface area contributed by atoms with Gasteiger partial charge in [0.05, 0.1) is 6.04 Å². The van der Waals surface area contributed by atoms with E-state index in [9.17, 15) is 9.59 Å². The SMILES string of the molecule is Cc1ccc(N2CC3CCC(C2=O)N3C(=O)/C=C/CN(C)C)[nH]1. The molecule has 2 aliphatic rings. The predicted molar refractivity (Wildman–Crippen MR) is 89.2 cm³/mol. The summed E-state index contributed by atoms with van der Waals surface area (Å²) in [5.41, 5.74) is 1.03. The van der Waals surface area contributed by atoms with Gasteiger partial charge in [0.25, 0.3) is 5.91 Å². The van der Waals surface area contributed by atoms with Gasteiger partial charge < -0.3 is 14.8 Å². The molecule has 2 atom stereocenters. The highest BCUT2D eigenvalue weighted by atomic mass is 16.2. The van der Waals surface area contributed by atoms with Gasteiger partial charge in [-0.15, -0.1) is 0 Å². The van der Waals surface area contributed by atoms with Crippen molar-refractivity contribution < 1.29 is 9.59 Å². The van der Waals surface area contributed by atoms with E-state index in [0.717, 1.165) is 30.9 Å². The van der Waals surface area contributed by atoms with Crippen LogP contribution in [0.15, 0.2) is 24.3 Å². The molecule has 23 heavy (non-hydrogen) atoms. The summed E-state index contributed by atoms with van der Waals surface area (Å²) in [6, 6.07) is 3.68. The molecular formula is C17H24N4O2. The molecule has 2 aliphatic heterocycles. The molecule has 1 aromatic rings. The second kappa shape index (κ2) is 6.20. The summed E-state index contributed by atoms with van der Waals surface area (Å²) in [4.78, 5) is 34.0. The number of H-pyrrole nitrogens is 1. The third-order valence-electron chi connectivity index (χ3n) is 4.54. The molecule has 6 nitrogen and oxygen atoms in total. The summed E-state index contributed by atoms with van der Waals surface area (Å²) in [7, 11) is 3.91. The molecule has 0 saturated carbocycles. The van der Waals surface area contributed by atoms with Crippen molar-refractivity contribution in [3.8, 4) is 0 Å². The number of aromatic nitrogens is 1. The standard InChI is InChI=1S/C17H24N4O2/c1-12-6-9-15(18-12)20-11-13-7-8-14(17(20)23)21(13)16(22)5-4-10-19(2)3/h4-6,9,13-14,18H,7-8,10-11H2,1-3H3/b5-4+. The Hall–Kier alpha value is -2.08. The highest BCUT2D eigenvalue weighted by Gasteiger charge is 2.47. The van der Waals surface area contributed by atoms with Crippen molar-refractivity contribution in [1.29, 1.82) is 0 Å². The maximum absolute atomic E-state index is 12.8. The molecular weight excluding hydrogens is 292 g/mol. The summed E-state index contributed by atoms with van der Waals surface area (Å²) in [6.07, 6.45) is 5.10. The highest BCUT2D eigenvalue weighted by Crippen LogP contribution is 2.33. The molecule has 2 saturated heterocycles. The Labute approximate surface area is 136 Å². The second-order valence-corrected chi connectivity index (χ2v) is 6.63. The predicted octanol–water partition coefficient (Wildman–Crippen LogP) is 1.15. The summed E-state index contributed by atoms with van der Waals surface area (Å²) < 4.78 is 0. The van der Waals surface area contributed by atoms with E-state index in [1.807, 2.05) is 44.1 Å². The highest BCUT2D eigenvalue weighted by molar-refractivity contribution is 6.02. The Morgan fingerprint density at radius 3 is 2.83 bits per heavy atom. The molecule has 0 aliphatic carbocycles. The number of likely N-dealkylation sites (N-methyl/N-ethyl adjacent to an activating group) is 1. The average Bonchev–Trinajstić information content (AvgIpc) is 3.06. The van der Waals surface area contributed by atoms with Crippen molar-refractivity contribution in [2.24, 2.45) is 0 Å². The van der Waals surface area contributed by atoms with Crippen molar-refractivity contribution >= 4 is 17.6 Å². The van der Waals surface area contributed by atoms with Crippen LogP contribution < -0.4 is 4.90 Å². The Balaban J connectivity index is 1.74. The first kappa shape index (κ1) is 15.8. The van der Waals surface area contributed by atoms with Crippen LogP contribution in [0.1, 0.15) is 18.5 Å². The van der Waals surface area contributed by atoms with Crippen LogP contribution >= 0.6 is 0 Å². The Bertz CT molecular complexity index is 634. The lowest BCUT2D eigenvalue weighted by Gasteiger charge is -2.39. The molecule has 2 bridgehead atoms. The number of rotatable bonds is 4. The maximum Gasteiger partial charge on any atom is 0.250 e. The number of aromatic amines is 1. The largest absolute Gasteiger partial charge is 0.345 e. The Kier molecular flexibility index (Phi) is 4.26. The van der Waals surface area contributed by atoms with E-state index in [4.69, 9.17) is 0 Å². The molecule has 2 fully saturated rings. The summed E-state index contributed by atoms with van der Waals surface area (Å²) in [5, 5.41) is 0. The molecule has 2 amide bonds. The number of hydrogen-bond acceptors (Lipinski definition) is 3. The number of nitrogens with zero attached hydrogens (tertiary/aromatic N) is 3. The van der Waals surface area contributed by atoms with Gasteiger partial charge >= 0.3 is 0 Å². The first-order valence-corrected chi connectivity index (χ1v) is 8.08. The van der Waals surface area contributed by atoms with Crippen LogP contribution in [0.25, 0.3) is 0 Å². The molecule has 0 aromatic carbocycles. The average molecular weight is 316 g/mol. The van der Waals surface area contributed by atoms with Gasteiger partial charge in [-0.3, -0.25) is 14.5 Å². The first-order valence-electron chi connectivity index (χ1n) is 8.08. The number of hydrogen-bond donors (Lipinski definition) is 1. The number of piperazine rings is 1. The molecule has 3 heterocycles. The normalized spacial score (nSPS) is 24.3. The molecule has 6 heteroatoms. The number of carbonyl (C=O) groups excluding carboxylic acids is 2. The van der Waals surface area contributed by atoms with Crippen LogP contribution in [0, 0.1) is 6.92 Å². The van der Waals surface area contributed by atoms with Gasteiger partial charge in [-0.25, -0.2) is 0 Å². The van der Waals surface area contributed by atoms with Crippen LogP contribution in [-0.4, -0.2) is 65.9 Å². The van der Waals surface area contributed by atoms with E-state index in [0.29, 0.717) is 6.54 Å². The van der Waals surface area contributed by atoms with Crippen molar-refractivity contribution in [2.45, 2.75) is 31.8 Å². The van der Waals surface area contributed by atoms with E-state index in [1.54, 1.807) is 15.9 Å². The fourth-order valence-electron chi connectivity index (χ4n) is 3.43. The Morgan fingerprint density at radius 2 is 2.17 bits per heavy atom. The third-order valence-corrected chi connectivity index (χ3v) is 4.54. The van der Waals surface area contributed by atoms with Crippen molar-refractivity contribution in [2.75, 3.05) is 32.1 Å². The van der Waals surface area contributed by atoms with Gasteiger partial charge in [0.1, 0.15) is 11.9 Å². The monoisotopic (exact) mass is 316 g/mol. The smallest absolute Gasteiger partial charge is 0.250 e. The topological polar surface area (TPSA) is 59.7 Å². The van der Waals surface area contributed by atoms with E-state index < -0.39 is 0 Å². The molecule has 3 rings (SSSR count). The van der Waals surface area contributed by atoms with Crippen molar-refractivity contribution in [3.63, 3.8) is 0 Å². The molecule has 1 N–H and O–H groups in total. The quantitative estimate of drug-likeness (QED) is 0.848. The van der Waals surface area contributed by atoms with Gasteiger partial charge in [0.2, 0.25) is 5.91 Å². The zero-order valence-corrected chi connectivity index (χ0v) is 14.0. The van der Waals surface area contributed by atoms with Crippen LogP contribution in [0.4, 0.5) is 5.82 Å². The number of aryl methyl sites for hydroxylation is 1. The number of fused-ring (bicyclic) bond motifs is 2. The molecule has 1 aromatic heterocycles. The molecule has 0 radical (unpaired) electrons. The lowest BCUT2D eigenvalue weighted by Crippen LogP contribution is -2.59. The van der Waals surface area contributed by atoms with Gasteiger partial charge in [-0.2, -0.15) is 0 Å². The second-order valence-electron chi connectivity index (χ2n) is 6.63. The number of nitrogens with one attached hydrogen (secondary N) is 1. The zero-order valence-electron chi connectivity index (χ0n) is 14.0. The zero-order chi connectivity index (χ0) is 16.6. The molecule has 0 spiro atoms. The minimum atomic E-state index is -0.325. The fourth-order valence-corrected chi connectivity index (χ4v) is 3.43. The van der Waals surface area contributed by atoms with Crippen LogP contribution in [0.5, 0.6) is 0 Å². The van der Waals surface area contributed by atoms with Gasteiger partial charge in [0.15, 0.2) is 0 Å². The number of anilines is 1. The lowest BCUT2D eigenvalue weighted by molar-refractivity contribution is -0.138. The summed E-state index contributed by atoms with van der Waals surface area (Å²) in [6.45, 7) is 3.26.